The molecular formula is C18H24N2. The highest BCUT2D eigenvalue weighted by Gasteiger charge is 2.30. The molecule has 0 amide bonds. The molecule has 1 fully saturated rings. The fraction of sp³-hybridized carbons (Fsp3) is 0.444. The largest absolute Gasteiger partial charge is 0.323 e. The van der Waals surface area contributed by atoms with Crippen molar-refractivity contribution in [3.05, 3.63) is 48.0 Å². The van der Waals surface area contributed by atoms with Crippen LogP contribution in [0.4, 0.5) is 0 Å². The smallest absolute Gasteiger partial charge is 0.0424 e. The topological polar surface area (TPSA) is 29.3 Å². The lowest BCUT2D eigenvalue weighted by Crippen LogP contribution is -2.36. The van der Waals surface area contributed by atoms with Crippen molar-refractivity contribution in [2.24, 2.45) is 11.7 Å². The van der Waals surface area contributed by atoms with Gasteiger partial charge in [0.05, 0.1) is 0 Å². The van der Waals surface area contributed by atoms with E-state index in [9.17, 15) is 0 Å². The van der Waals surface area contributed by atoms with Gasteiger partial charge in [-0.1, -0.05) is 36.4 Å². The second kappa shape index (κ2) is 5.55. The highest BCUT2D eigenvalue weighted by molar-refractivity contribution is 5.83. The summed E-state index contributed by atoms with van der Waals surface area (Å²) in [6, 6.07) is 15.8. The molecule has 1 aliphatic rings. The first-order valence-corrected chi connectivity index (χ1v) is 7.59. The van der Waals surface area contributed by atoms with Crippen molar-refractivity contribution in [3.8, 4) is 0 Å². The van der Waals surface area contributed by atoms with Crippen molar-refractivity contribution in [1.29, 1.82) is 0 Å². The van der Waals surface area contributed by atoms with Crippen LogP contribution in [0.5, 0.6) is 0 Å². The summed E-state index contributed by atoms with van der Waals surface area (Å²) in [5.41, 5.74) is 7.64. The number of likely N-dealkylation sites (N-methyl/N-ethyl adjacent to an activating group) is 1. The van der Waals surface area contributed by atoms with E-state index in [-0.39, 0.29) is 6.04 Å². The average Bonchev–Trinajstić information content (AvgIpc) is 3.30. The minimum Gasteiger partial charge on any atom is -0.323 e. The fourth-order valence-corrected chi connectivity index (χ4v) is 2.96. The Kier molecular flexibility index (Phi) is 3.77. The Hall–Kier alpha value is -1.38. The van der Waals surface area contributed by atoms with Crippen molar-refractivity contribution < 1.29 is 0 Å². The van der Waals surface area contributed by atoms with Crippen LogP contribution in [0.1, 0.15) is 31.4 Å². The highest BCUT2D eigenvalue weighted by atomic mass is 15.1. The molecule has 1 saturated carbocycles. The van der Waals surface area contributed by atoms with Crippen molar-refractivity contribution in [2.75, 3.05) is 13.6 Å². The summed E-state index contributed by atoms with van der Waals surface area (Å²) in [6.45, 7) is 3.25. The van der Waals surface area contributed by atoms with E-state index in [1.165, 1.54) is 29.2 Å². The van der Waals surface area contributed by atoms with Crippen molar-refractivity contribution in [1.82, 2.24) is 4.90 Å². The molecule has 2 nitrogen and oxygen atoms in total. The van der Waals surface area contributed by atoms with E-state index in [4.69, 9.17) is 5.73 Å². The molecule has 0 saturated heterocycles. The van der Waals surface area contributed by atoms with Crippen LogP contribution in [0.15, 0.2) is 42.5 Å². The summed E-state index contributed by atoms with van der Waals surface area (Å²) < 4.78 is 0. The number of nitrogens with zero attached hydrogens (tertiary/aromatic N) is 1. The zero-order valence-corrected chi connectivity index (χ0v) is 12.4. The van der Waals surface area contributed by atoms with Gasteiger partial charge in [0.1, 0.15) is 0 Å². The van der Waals surface area contributed by atoms with Gasteiger partial charge in [-0.05, 0) is 55.1 Å². The third-order valence-electron chi connectivity index (χ3n) is 4.69. The van der Waals surface area contributed by atoms with Gasteiger partial charge in [0.2, 0.25) is 0 Å². The standard InChI is InChI=1S/C18H24N2/c1-13(14-7-8-14)20(2)12-18(19)17-10-9-15-5-3-4-6-16(15)11-17/h3-6,9-11,13-14,18H,7-8,12,19H2,1-2H3. The van der Waals surface area contributed by atoms with Crippen LogP contribution in [-0.4, -0.2) is 24.5 Å². The van der Waals surface area contributed by atoms with Gasteiger partial charge in [0, 0.05) is 18.6 Å². The Balaban J connectivity index is 1.72. The van der Waals surface area contributed by atoms with E-state index >= 15 is 0 Å². The van der Waals surface area contributed by atoms with Crippen LogP contribution in [0.25, 0.3) is 10.8 Å². The minimum atomic E-state index is 0.0887. The van der Waals surface area contributed by atoms with Gasteiger partial charge in [-0.15, -0.1) is 0 Å². The Morgan fingerprint density at radius 1 is 1.15 bits per heavy atom. The van der Waals surface area contributed by atoms with E-state index in [2.05, 4.69) is 61.3 Å². The quantitative estimate of drug-likeness (QED) is 0.898. The van der Waals surface area contributed by atoms with E-state index in [0.717, 1.165) is 12.5 Å². The molecule has 0 spiro atoms. The van der Waals surface area contributed by atoms with Crippen LogP contribution in [0.3, 0.4) is 0 Å². The number of fused-ring (bicyclic) bond motifs is 1. The number of rotatable bonds is 5. The summed E-state index contributed by atoms with van der Waals surface area (Å²) in [7, 11) is 2.20. The first kappa shape index (κ1) is 13.6. The zero-order chi connectivity index (χ0) is 14.1. The number of hydrogen-bond donors (Lipinski definition) is 1. The lowest BCUT2D eigenvalue weighted by Gasteiger charge is -2.27. The average molecular weight is 268 g/mol. The van der Waals surface area contributed by atoms with Crippen molar-refractivity contribution >= 4 is 10.8 Å². The van der Waals surface area contributed by atoms with Crippen molar-refractivity contribution in [3.63, 3.8) is 0 Å². The van der Waals surface area contributed by atoms with Crippen LogP contribution in [-0.2, 0) is 0 Å². The molecule has 0 heterocycles. The third-order valence-corrected chi connectivity index (χ3v) is 4.69. The van der Waals surface area contributed by atoms with Gasteiger partial charge < -0.3 is 10.6 Å². The molecule has 2 aromatic rings. The monoisotopic (exact) mass is 268 g/mol. The first-order chi connectivity index (χ1) is 9.65. The Morgan fingerprint density at radius 3 is 2.55 bits per heavy atom. The third kappa shape index (κ3) is 2.87. The van der Waals surface area contributed by atoms with E-state index in [1.807, 2.05) is 0 Å². The van der Waals surface area contributed by atoms with E-state index in [0.29, 0.717) is 6.04 Å². The molecule has 106 valence electrons. The predicted octanol–water partition coefficient (Wildman–Crippen LogP) is 3.57. The SMILES string of the molecule is CC(C1CC1)N(C)CC(N)c1ccc2ccccc2c1. The van der Waals surface area contributed by atoms with Crippen LogP contribution in [0.2, 0.25) is 0 Å². The Bertz CT molecular complexity index is 589. The molecular weight excluding hydrogens is 244 g/mol. The maximum Gasteiger partial charge on any atom is 0.0424 e. The molecule has 2 atom stereocenters. The van der Waals surface area contributed by atoms with E-state index in [1.54, 1.807) is 0 Å². The molecule has 0 aliphatic heterocycles. The van der Waals surface area contributed by atoms with Gasteiger partial charge in [-0.3, -0.25) is 0 Å². The van der Waals surface area contributed by atoms with E-state index < -0.39 is 0 Å². The number of hydrogen-bond acceptors (Lipinski definition) is 2. The van der Waals surface area contributed by atoms with Gasteiger partial charge in [-0.25, -0.2) is 0 Å². The predicted molar refractivity (Wildman–Crippen MR) is 85.7 cm³/mol. The van der Waals surface area contributed by atoms with Gasteiger partial charge >= 0.3 is 0 Å². The summed E-state index contributed by atoms with van der Waals surface area (Å²) >= 11 is 0. The normalized spacial score (nSPS) is 18.4. The molecule has 1 aliphatic carbocycles. The Labute approximate surface area is 121 Å². The first-order valence-electron chi connectivity index (χ1n) is 7.59. The lowest BCUT2D eigenvalue weighted by atomic mass is 10.0. The second-order valence-corrected chi connectivity index (χ2v) is 6.23. The summed E-state index contributed by atoms with van der Waals surface area (Å²) in [6.07, 6.45) is 2.77. The molecule has 20 heavy (non-hydrogen) atoms. The number of benzene rings is 2. The molecule has 0 radical (unpaired) electrons. The molecule has 0 bridgehead atoms. The molecule has 3 rings (SSSR count). The molecule has 2 unspecified atom stereocenters. The lowest BCUT2D eigenvalue weighted by molar-refractivity contribution is 0.221. The van der Waals surface area contributed by atoms with Crippen molar-refractivity contribution in [2.45, 2.75) is 31.8 Å². The zero-order valence-electron chi connectivity index (χ0n) is 12.4. The molecule has 2 N–H and O–H groups in total. The number of nitrogens with two attached hydrogens (primary N) is 1. The van der Waals surface area contributed by atoms with Crippen LogP contribution < -0.4 is 5.73 Å². The van der Waals surface area contributed by atoms with Gasteiger partial charge in [-0.2, -0.15) is 0 Å². The van der Waals surface area contributed by atoms with Crippen LogP contribution >= 0.6 is 0 Å². The summed E-state index contributed by atoms with van der Waals surface area (Å²) in [5.74, 6) is 0.892. The van der Waals surface area contributed by atoms with Gasteiger partial charge in [0.25, 0.3) is 0 Å². The molecule has 0 aromatic heterocycles. The minimum absolute atomic E-state index is 0.0887. The second-order valence-electron chi connectivity index (χ2n) is 6.23. The fourth-order valence-electron chi connectivity index (χ4n) is 2.96. The summed E-state index contributed by atoms with van der Waals surface area (Å²) in [4.78, 5) is 2.41. The van der Waals surface area contributed by atoms with Crippen LogP contribution in [0, 0.1) is 5.92 Å². The molecule has 2 aromatic carbocycles. The summed E-state index contributed by atoms with van der Waals surface area (Å²) in [5, 5.41) is 2.56. The maximum absolute atomic E-state index is 6.40. The molecule has 2 heteroatoms. The Morgan fingerprint density at radius 2 is 1.85 bits per heavy atom. The van der Waals surface area contributed by atoms with Gasteiger partial charge in [0.15, 0.2) is 0 Å². The highest BCUT2D eigenvalue weighted by Crippen LogP contribution is 2.35. The maximum atomic E-state index is 6.40.